The van der Waals surface area contributed by atoms with E-state index in [0.717, 1.165) is 28.8 Å². The number of benzene rings is 1. The molecule has 0 spiro atoms. The van der Waals surface area contributed by atoms with Crippen LogP contribution in [0.15, 0.2) is 24.3 Å². The molecule has 0 aliphatic carbocycles. The van der Waals surface area contributed by atoms with Crippen LogP contribution in [0, 0.1) is 0 Å². The van der Waals surface area contributed by atoms with Crippen LogP contribution in [0.25, 0.3) is 10.9 Å². The zero-order valence-electron chi connectivity index (χ0n) is 12.7. The number of hydrogen-bond donors (Lipinski definition) is 2. The minimum absolute atomic E-state index is 0.0498. The third-order valence-electron chi connectivity index (χ3n) is 3.00. The summed E-state index contributed by atoms with van der Waals surface area (Å²) in [6, 6.07) is 3.85. The first-order chi connectivity index (χ1) is 10.4. The Labute approximate surface area is 130 Å². The van der Waals surface area contributed by atoms with Gasteiger partial charge in [-0.15, -0.1) is 0 Å². The first-order valence-corrected chi connectivity index (χ1v) is 6.72. The second-order valence-corrected chi connectivity index (χ2v) is 6.03. The molecule has 2 aromatic rings. The van der Waals surface area contributed by atoms with E-state index in [4.69, 9.17) is 4.74 Å². The first-order valence-electron chi connectivity index (χ1n) is 6.72. The number of nitrogens with zero attached hydrogens (tertiary/aromatic N) is 1. The van der Waals surface area contributed by atoms with Crippen LogP contribution in [-0.4, -0.2) is 33.4 Å². The number of carbonyl (C=O) groups is 1. The number of hydrogen-bond acceptors (Lipinski definition) is 4. The number of carbonyl (C=O) groups excluding carboxylic acids is 1. The van der Waals surface area contributed by atoms with Crippen LogP contribution >= 0.6 is 0 Å². The number of ether oxygens (including phenoxy) is 1. The van der Waals surface area contributed by atoms with Crippen molar-refractivity contribution in [3.05, 3.63) is 29.8 Å². The minimum Gasteiger partial charge on any atom is -0.443 e. The number of fused-ring (bicyclic) bond motifs is 1. The molecule has 0 unspecified atom stereocenters. The molecule has 2 N–H and O–H groups in total. The summed E-state index contributed by atoms with van der Waals surface area (Å²) in [5, 5.41) is 18.8. The van der Waals surface area contributed by atoms with Crippen molar-refractivity contribution in [2.45, 2.75) is 32.5 Å². The highest BCUT2D eigenvalue weighted by molar-refractivity contribution is 6.59. The summed E-state index contributed by atoms with van der Waals surface area (Å²) < 4.78 is 44.3. The number of alkyl halides is 3. The van der Waals surface area contributed by atoms with Crippen LogP contribution < -0.4 is 5.59 Å². The van der Waals surface area contributed by atoms with Gasteiger partial charge in [0.25, 0.3) is 0 Å². The lowest BCUT2D eigenvalue weighted by molar-refractivity contribution is -0.137. The lowest BCUT2D eigenvalue weighted by Gasteiger charge is -2.21. The molecule has 0 radical (unpaired) electrons. The number of aromatic nitrogens is 1. The van der Waals surface area contributed by atoms with Gasteiger partial charge in [-0.05, 0) is 45.0 Å². The molecule has 1 aromatic carbocycles. The van der Waals surface area contributed by atoms with E-state index in [9.17, 15) is 28.0 Å². The summed E-state index contributed by atoms with van der Waals surface area (Å²) in [5.41, 5.74) is -1.92. The molecule has 0 aliphatic heterocycles. The van der Waals surface area contributed by atoms with E-state index in [1.165, 1.54) is 0 Å². The molecule has 0 amide bonds. The normalized spacial score (nSPS) is 12.5. The molecule has 1 heterocycles. The fourth-order valence-electron chi connectivity index (χ4n) is 2.11. The summed E-state index contributed by atoms with van der Waals surface area (Å²) >= 11 is 0. The van der Waals surface area contributed by atoms with Crippen LogP contribution in [0.5, 0.6) is 0 Å². The summed E-state index contributed by atoms with van der Waals surface area (Å²) in [7, 11) is -2.04. The summed E-state index contributed by atoms with van der Waals surface area (Å²) in [6.07, 6.45) is -5.45. The van der Waals surface area contributed by atoms with E-state index in [1.54, 1.807) is 20.8 Å². The molecule has 5 nitrogen and oxygen atoms in total. The van der Waals surface area contributed by atoms with Crippen LogP contribution in [0.4, 0.5) is 18.0 Å². The predicted octanol–water partition coefficient (Wildman–Crippen LogP) is 2.12. The van der Waals surface area contributed by atoms with E-state index in [-0.39, 0.29) is 16.5 Å². The quantitative estimate of drug-likeness (QED) is 0.786. The zero-order valence-corrected chi connectivity index (χ0v) is 12.7. The molecule has 0 fully saturated rings. The summed E-state index contributed by atoms with van der Waals surface area (Å²) in [4.78, 5) is 12.2. The molecule has 0 saturated carbocycles. The van der Waals surface area contributed by atoms with Gasteiger partial charge in [0.1, 0.15) is 5.60 Å². The maximum Gasteiger partial charge on any atom is 0.506 e. The Morgan fingerprint density at radius 3 is 2.26 bits per heavy atom. The van der Waals surface area contributed by atoms with Crippen molar-refractivity contribution in [3.8, 4) is 0 Å². The van der Waals surface area contributed by atoms with Crippen LogP contribution in [0.1, 0.15) is 26.3 Å². The molecule has 9 heteroatoms. The third-order valence-corrected chi connectivity index (χ3v) is 3.00. The summed E-state index contributed by atoms with van der Waals surface area (Å²) in [5.74, 6) is 0. The lowest BCUT2D eigenvalue weighted by Crippen LogP contribution is -2.40. The molecule has 0 bridgehead atoms. The molecule has 2 rings (SSSR count). The van der Waals surface area contributed by atoms with Gasteiger partial charge in [0, 0.05) is 5.39 Å². The molecule has 0 saturated heterocycles. The van der Waals surface area contributed by atoms with Gasteiger partial charge in [-0.1, -0.05) is 0 Å². The van der Waals surface area contributed by atoms with Crippen molar-refractivity contribution in [2.75, 3.05) is 0 Å². The van der Waals surface area contributed by atoms with Gasteiger partial charge in [0.2, 0.25) is 0 Å². The van der Waals surface area contributed by atoms with E-state index in [2.05, 4.69) is 0 Å². The zero-order chi connectivity index (χ0) is 17.6. The maximum atomic E-state index is 12.8. The summed E-state index contributed by atoms with van der Waals surface area (Å²) in [6.45, 7) is 4.86. The average molecular weight is 329 g/mol. The largest absolute Gasteiger partial charge is 0.506 e. The van der Waals surface area contributed by atoms with Crippen molar-refractivity contribution in [1.29, 1.82) is 0 Å². The second-order valence-electron chi connectivity index (χ2n) is 6.03. The Morgan fingerprint density at radius 1 is 1.17 bits per heavy atom. The Kier molecular flexibility index (Phi) is 4.21. The Bertz CT molecular complexity index is 747. The number of rotatable bonds is 1. The van der Waals surface area contributed by atoms with Crippen molar-refractivity contribution in [2.24, 2.45) is 0 Å². The topological polar surface area (TPSA) is 71.7 Å². The van der Waals surface area contributed by atoms with Crippen LogP contribution in [0.3, 0.4) is 0 Å². The van der Waals surface area contributed by atoms with Gasteiger partial charge >= 0.3 is 19.4 Å². The first kappa shape index (κ1) is 17.4. The van der Waals surface area contributed by atoms with Crippen LogP contribution in [-0.2, 0) is 10.9 Å². The van der Waals surface area contributed by atoms with Crippen LogP contribution in [0.2, 0.25) is 0 Å². The fraction of sp³-hybridized carbons (Fsp3) is 0.357. The molecular formula is C14H15BF3NO4. The second kappa shape index (κ2) is 5.57. The smallest absolute Gasteiger partial charge is 0.443 e. The van der Waals surface area contributed by atoms with E-state index in [0.29, 0.717) is 0 Å². The highest BCUT2D eigenvalue weighted by atomic mass is 19.4. The van der Waals surface area contributed by atoms with Gasteiger partial charge < -0.3 is 14.8 Å². The highest BCUT2D eigenvalue weighted by Gasteiger charge is 2.32. The molecule has 0 aliphatic rings. The Morgan fingerprint density at radius 2 is 1.78 bits per heavy atom. The SMILES string of the molecule is CC(C)(C)OC(=O)n1c(B(O)O)cc2cc(C(F)(F)F)ccc21. The monoisotopic (exact) mass is 329 g/mol. The van der Waals surface area contributed by atoms with Crippen molar-refractivity contribution in [1.82, 2.24) is 4.57 Å². The lowest BCUT2D eigenvalue weighted by atomic mass is 9.86. The molecular weight excluding hydrogens is 314 g/mol. The van der Waals surface area contributed by atoms with Gasteiger partial charge in [0.05, 0.1) is 16.7 Å². The van der Waals surface area contributed by atoms with E-state index in [1.807, 2.05) is 0 Å². The fourth-order valence-corrected chi connectivity index (χ4v) is 2.11. The standard InChI is InChI=1S/C14H15BF3NO4/c1-13(2,3)23-12(20)19-10-5-4-9(14(16,17)18)6-8(10)7-11(19)15(21)22/h4-7,21-22H,1-3H3. The highest BCUT2D eigenvalue weighted by Crippen LogP contribution is 2.31. The van der Waals surface area contributed by atoms with E-state index >= 15 is 0 Å². The molecule has 124 valence electrons. The Balaban J connectivity index is 2.62. The molecule has 1 aromatic heterocycles. The van der Waals surface area contributed by atoms with Gasteiger partial charge in [0.15, 0.2) is 0 Å². The van der Waals surface area contributed by atoms with Gasteiger partial charge in [-0.3, -0.25) is 4.57 Å². The average Bonchev–Trinajstić information content (AvgIpc) is 2.73. The molecule has 0 atom stereocenters. The van der Waals surface area contributed by atoms with Crippen molar-refractivity contribution in [3.63, 3.8) is 0 Å². The Hall–Kier alpha value is -2.00. The van der Waals surface area contributed by atoms with Gasteiger partial charge in [-0.25, -0.2) is 4.79 Å². The third kappa shape index (κ3) is 3.68. The number of halogens is 3. The van der Waals surface area contributed by atoms with Crippen molar-refractivity contribution < 1.29 is 32.8 Å². The van der Waals surface area contributed by atoms with Gasteiger partial charge in [-0.2, -0.15) is 13.2 Å². The maximum absolute atomic E-state index is 12.8. The molecule has 23 heavy (non-hydrogen) atoms. The van der Waals surface area contributed by atoms with E-state index < -0.39 is 30.6 Å². The minimum atomic E-state index is -4.54. The predicted molar refractivity (Wildman–Crippen MR) is 78.4 cm³/mol. The van der Waals surface area contributed by atoms with Crippen molar-refractivity contribution >= 4 is 29.7 Å².